The van der Waals surface area contributed by atoms with Crippen molar-refractivity contribution in [2.24, 2.45) is 5.92 Å². The maximum atomic E-state index is 12.2. The van der Waals surface area contributed by atoms with Crippen LogP contribution in [0.5, 0.6) is 0 Å². The molecule has 0 bridgehead atoms. The van der Waals surface area contributed by atoms with E-state index in [0.29, 0.717) is 6.61 Å². The number of allylic oxidation sites excluding steroid dienone is 1. The molecular formula is C16H22O4. The Morgan fingerprint density at radius 2 is 2.35 bits per heavy atom. The van der Waals surface area contributed by atoms with Crippen LogP contribution in [0.25, 0.3) is 0 Å². The smallest absolute Gasteiger partial charge is 0.184 e. The van der Waals surface area contributed by atoms with Gasteiger partial charge in [0, 0.05) is 7.11 Å². The first-order chi connectivity index (χ1) is 9.84. The SMILES string of the molecule is [2H]C1=C[C@]2(CO2)[C@@H]([C@]2(C)O[C@@H]2CC=C(C)C)[C@H](OC)C1=O. The Hall–Kier alpha value is -0.970. The molecule has 2 heterocycles. The predicted octanol–water partition coefficient (Wildman–Crippen LogP) is 2.04. The quantitative estimate of drug-likeness (QED) is 0.584. The molecule has 0 N–H and O–H groups in total. The van der Waals surface area contributed by atoms with Gasteiger partial charge >= 0.3 is 0 Å². The normalized spacial score (nSPS) is 46.8. The van der Waals surface area contributed by atoms with E-state index in [4.69, 9.17) is 15.6 Å². The zero-order valence-electron chi connectivity index (χ0n) is 13.4. The lowest BCUT2D eigenvalue weighted by atomic mass is 9.72. The lowest BCUT2D eigenvalue weighted by Gasteiger charge is -2.34. The molecule has 3 rings (SSSR count). The topological polar surface area (TPSA) is 51.4 Å². The van der Waals surface area contributed by atoms with Gasteiger partial charge in [-0.15, -0.1) is 0 Å². The third kappa shape index (κ3) is 2.07. The van der Waals surface area contributed by atoms with Crippen LogP contribution < -0.4 is 0 Å². The third-order valence-electron chi connectivity index (χ3n) is 4.61. The minimum absolute atomic E-state index is 0.0132. The Morgan fingerprint density at radius 3 is 2.90 bits per heavy atom. The van der Waals surface area contributed by atoms with Gasteiger partial charge in [0.25, 0.3) is 0 Å². The number of ketones is 1. The zero-order chi connectivity index (χ0) is 15.4. The summed E-state index contributed by atoms with van der Waals surface area (Å²) in [5, 5.41) is 0. The van der Waals surface area contributed by atoms with Gasteiger partial charge in [0.15, 0.2) is 5.78 Å². The second kappa shape index (κ2) is 4.52. The summed E-state index contributed by atoms with van der Waals surface area (Å²) < 4.78 is 24.8. The van der Waals surface area contributed by atoms with E-state index in [1.165, 1.54) is 12.7 Å². The molecule has 4 heteroatoms. The first-order valence-electron chi connectivity index (χ1n) is 7.55. The summed E-state index contributed by atoms with van der Waals surface area (Å²) in [6.07, 6.45) is 4.03. The first kappa shape index (κ1) is 12.7. The van der Waals surface area contributed by atoms with Crippen LogP contribution in [0.15, 0.2) is 23.8 Å². The van der Waals surface area contributed by atoms with Crippen LogP contribution in [0.3, 0.4) is 0 Å². The summed E-state index contributed by atoms with van der Waals surface area (Å²) >= 11 is 0. The summed E-state index contributed by atoms with van der Waals surface area (Å²) in [7, 11) is 1.51. The Labute approximate surface area is 121 Å². The van der Waals surface area contributed by atoms with Crippen LogP contribution in [0, 0.1) is 5.92 Å². The minimum Gasteiger partial charge on any atom is -0.373 e. The number of ether oxygens (including phenoxy) is 3. The fourth-order valence-electron chi connectivity index (χ4n) is 3.32. The standard InChI is InChI=1S/C16H22O4/c1-10(2)5-6-12-15(3,20-12)14-13(18-4)11(17)7-8-16(14)9-19-16/h5,7-8,12-14H,6,9H2,1-4H3/t12-,13-,14-,15-,16+/m1/s1/i7D. The number of carbonyl (C=O) groups is 1. The van der Waals surface area contributed by atoms with E-state index in [9.17, 15) is 4.79 Å². The minimum atomic E-state index is -0.660. The molecule has 3 aliphatic rings. The maximum Gasteiger partial charge on any atom is 0.184 e. The van der Waals surface area contributed by atoms with Crippen molar-refractivity contribution >= 4 is 5.78 Å². The van der Waals surface area contributed by atoms with Gasteiger partial charge in [0.1, 0.15) is 17.3 Å². The van der Waals surface area contributed by atoms with Crippen molar-refractivity contribution < 1.29 is 20.4 Å². The molecule has 20 heavy (non-hydrogen) atoms. The highest BCUT2D eigenvalue weighted by Crippen LogP contribution is 2.57. The van der Waals surface area contributed by atoms with Crippen LogP contribution in [0.4, 0.5) is 0 Å². The summed E-state index contributed by atoms with van der Waals surface area (Å²) in [5.41, 5.74) is 0.262. The van der Waals surface area contributed by atoms with E-state index in [0.717, 1.165) is 6.42 Å². The van der Waals surface area contributed by atoms with Crippen LogP contribution in [-0.4, -0.2) is 42.9 Å². The van der Waals surface area contributed by atoms with Crippen molar-refractivity contribution in [2.45, 2.75) is 50.6 Å². The number of methoxy groups -OCH3 is 1. The number of rotatable bonds is 4. The van der Waals surface area contributed by atoms with Gasteiger partial charge in [0.2, 0.25) is 0 Å². The van der Waals surface area contributed by atoms with E-state index >= 15 is 0 Å². The van der Waals surface area contributed by atoms with Gasteiger partial charge in [-0.2, -0.15) is 0 Å². The molecule has 110 valence electrons. The van der Waals surface area contributed by atoms with Gasteiger partial charge in [-0.25, -0.2) is 0 Å². The molecule has 0 saturated carbocycles. The molecule has 0 unspecified atom stereocenters. The van der Waals surface area contributed by atoms with Crippen LogP contribution >= 0.6 is 0 Å². The van der Waals surface area contributed by atoms with E-state index in [1.54, 1.807) is 6.08 Å². The highest BCUT2D eigenvalue weighted by molar-refractivity contribution is 5.95. The molecule has 0 amide bonds. The summed E-state index contributed by atoms with van der Waals surface area (Å²) in [5.74, 6) is -0.464. The molecule has 0 aromatic heterocycles. The monoisotopic (exact) mass is 279 g/mol. The summed E-state index contributed by atoms with van der Waals surface area (Å²) in [6.45, 7) is 6.67. The maximum absolute atomic E-state index is 12.2. The van der Waals surface area contributed by atoms with Crippen molar-refractivity contribution in [1.29, 1.82) is 0 Å². The van der Waals surface area contributed by atoms with Crippen molar-refractivity contribution in [3.8, 4) is 0 Å². The molecule has 4 nitrogen and oxygen atoms in total. The van der Waals surface area contributed by atoms with Gasteiger partial charge in [-0.3, -0.25) is 4.79 Å². The molecular weight excluding hydrogens is 256 g/mol. The Morgan fingerprint density at radius 1 is 1.65 bits per heavy atom. The van der Waals surface area contributed by atoms with E-state index in [1.807, 2.05) is 6.92 Å². The lowest BCUT2D eigenvalue weighted by Crippen LogP contribution is -2.50. The van der Waals surface area contributed by atoms with Crippen molar-refractivity contribution in [1.82, 2.24) is 0 Å². The Bertz CT molecular complexity index is 530. The second-order valence-corrected chi connectivity index (χ2v) is 6.34. The van der Waals surface area contributed by atoms with Crippen molar-refractivity contribution in [3.05, 3.63) is 23.8 Å². The third-order valence-corrected chi connectivity index (χ3v) is 4.61. The Balaban J connectivity index is 1.87. The molecule has 2 fully saturated rings. The average molecular weight is 279 g/mol. The zero-order valence-corrected chi connectivity index (χ0v) is 12.4. The molecule has 2 aliphatic heterocycles. The lowest BCUT2D eigenvalue weighted by molar-refractivity contribution is -0.132. The van der Waals surface area contributed by atoms with Crippen LogP contribution in [-0.2, 0) is 19.0 Å². The second-order valence-electron chi connectivity index (χ2n) is 6.34. The molecule has 0 radical (unpaired) electrons. The number of carbonyl (C=O) groups excluding carboxylic acids is 1. The van der Waals surface area contributed by atoms with E-state index in [-0.39, 0.29) is 23.9 Å². The highest BCUT2D eigenvalue weighted by atomic mass is 16.6. The van der Waals surface area contributed by atoms with Gasteiger partial charge in [0.05, 0.1) is 20.0 Å². The van der Waals surface area contributed by atoms with E-state index in [2.05, 4.69) is 19.9 Å². The van der Waals surface area contributed by atoms with Gasteiger partial charge in [-0.1, -0.05) is 11.6 Å². The van der Waals surface area contributed by atoms with Crippen molar-refractivity contribution in [3.63, 3.8) is 0 Å². The average Bonchev–Trinajstić information content (AvgIpc) is 3.31. The molecule has 5 atom stereocenters. The van der Waals surface area contributed by atoms with Gasteiger partial charge < -0.3 is 14.2 Å². The first-order valence-corrected chi connectivity index (χ1v) is 7.05. The fraction of sp³-hybridized carbons (Fsp3) is 0.688. The highest BCUT2D eigenvalue weighted by Gasteiger charge is 2.70. The number of hydrogen-bond donors (Lipinski definition) is 0. The largest absolute Gasteiger partial charge is 0.373 e. The molecule has 0 aromatic carbocycles. The molecule has 1 spiro atoms. The number of hydrogen-bond acceptors (Lipinski definition) is 4. The predicted molar refractivity (Wildman–Crippen MR) is 74.4 cm³/mol. The van der Waals surface area contributed by atoms with Crippen molar-refractivity contribution in [2.75, 3.05) is 13.7 Å². The fourth-order valence-corrected chi connectivity index (χ4v) is 3.32. The molecule has 1 aliphatic carbocycles. The van der Waals surface area contributed by atoms with Crippen LogP contribution in [0.2, 0.25) is 0 Å². The summed E-state index contributed by atoms with van der Waals surface area (Å²) in [6, 6.07) is -0.0132. The summed E-state index contributed by atoms with van der Waals surface area (Å²) in [4.78, 5) is 12.2. The molecule has 0 aromatic rings. The number of epoxide rings is 2. The Kier molecular flexibility index (Phi) is 2.88. The van der Waals surface area contributed by atoms with Crippen LogP contribution in [0.1, 0.15) is 28.6 Å². The van der Waals surface area contributed by atoms with E-state index < -0.39 is 17.3 Å². The van der Waals surface area contributed by atoms with Gasteiger partial charge in [-0.05, 0) is 39.3 Å². The molecule has 2 saturated heterocycles.